The van der Waals surface area contributed by atoms with E-state index in [-0.39, 0.29) is 17.8 Å². The number of hydrogen-bond acceptors (Lipinski definition) is 5. The number of likely N-dealkylation sites (tertiary alicyclic amines) is 1. The number of carbonyl (C=O) groups excluding carboxylic acids is 2. The van der Waals surface area contributed by atoms with Gasteiger partial charge in [0.1, 0.15) is 16.0 Å². The molecule has 0 atom stereocenters. The van der Waals surface area contributed by atoms with Gasteiger partial charge < -0.3 is 19.1 Å². The second-order valence-electron chi connectivity index (χ2n) is 5.28. The van der Waals surface area contributed by atoms with E-state index in [1.54, 1.807) is 17.0 Å². The average molecular weight is 386 g/mol. The van der Waals surface area contributed by atoms with Crippen LogP contribution in [0.2, 0.25) is 0 Å². The van der Waals surface area contributed by atoms with E-state index in [9.17, 15) is 9.59 Å². The summed E-state index contributed by atoms with van der Waals surface area (Å²) in [7, 11) is 4.46. The maximum Gasteiger partial charge on any atom is 0.308 e. The van der Waals surface area contributed by atoms with E-state index in [0.29, 0.717) is 47.5 Å². The maximum absolute atomic E-state index is 12.7. The number of carbonyl (C=O) groups is 2. The first-order chi connectivity index (χ1) is 11.0. The van der Waals surface area contributed by atoms with Crippen molar-refractivity contribution in [2.24, 2.45) is 5.92 Å². The summed E-state index contributed by atoms with van der Waals surface area (Å²) in [6.07, 6.45) is 1.23. The molecule has 0 spiro atoms. The van der Waals surface area contributed by atoms with Crippen molar-refractivity contribution in [3.8, 4) is 11.5 Å². The first-order valence-electron chi connectivity index (χ1n) is 7.30. The van der Waals surface area contributed by atoms with E-state index in [4.69, 9.17) is 14.2 Å². The average Bonchev–Trinajstić information content (AvgIpc) is 2.60. The molecule has 1 aromatic carbocycles. The number of esters is 1. The zero-order valence-corrected chi connectivity index (χ0v) is 15.0. The molecule has 6 nitrogen and oxygen atoms in total. The summed E-state index contributed by atoms with van der Waals surface area (Å²) in [6.45, 7) is 1.05. The third-order valence-electron chi connectivity index (χ3n) is 4.01. The highest BCUT2D eigenvalue weighted by Gasteiger charge is 2.29. The summed E-state index contributed by atoms with van der Waals surface area (Å²) in [6, 6.07) is 3.36. The Morgan fingerprint density at radius 3 is 2.04 bits per heavy atom. The fourth-order valence-electron chi connectivity index (χ4n) is 2.66. The summed E-state index contributed by atoms with van der Waals surface area (Å²) < 4.78 is 16.0. The first kappa shape index (κ1) is 17.6. The predicted octanol–water partition coefficient (Wildman–Crippen LogP) is 2.49. The number of methoxy groups -OCH3 is 3. The second-order valence-corrected chi connectivity index (χ2v) is 6.08. The Morgan fingerprint density at radius 1 is 1.09 bits per heavy atom. The second kappa shape index (κ2) is 7.68. The zero-order chi connectivity index (χ0) is 17.0. The van der Waals surface area contributed by atoms with Gasteiger partial charge in [-0.1, -0.05) is 0 Å². The Hall–Kier alpha value is -1.76. The number of amides is 1. The van der Waals surface area contributed by atoms with E-state index in [1.807, 2.05) is 0 Å². The summed E-state index contributed by atoms with van der Waals surface area (Å²) in [5.41, 5.74) is 0.499. The van der Waals surface area contributed by atoms with E-state index in [2.05, 4.69) is 15.9 Å². The van der Waals surface area contributed by atoms with Gasteiger partial charge >= 0.3 is 5.97 Å². The van der Waals surface area contributed by atoms with Crippen LogP contribution in [-0.2, 0) is 9.53 Å². The van der Waals surface area contributed by atoms with Crippen molar-refractivity contribution >= 4 is 27.8 Å². The predicted molar refractivity (Wildman–Crippen MR) is 87.9 cm³/mol. The van der Waals surface area contributed by atoms with Crippen LogP contribution in [0.1, 0.15) is 23.2 Å². The summed E-state index contributed by atoms with van der Waals surface area (Å²) in [5.74, 6) is 0.647. The van der Waals surface area contributed by atoms with Gasteiger partial charge in [-0.25, -0.2) is 0 Å². The number of nitrogens with zero attached hydrogens (tertiary/aromatic N) is 1. The van der Waals surface area contributed by atoms with Gasteiger partial charge in [-0.3, -0.25) is 9.59 Å². The van der Waals surface area contributed by atoms with Gasteiger partial charge in [-0.15, -0.1) is 0 Å². The molecule has 23 heavy (non-hydrogen) atoms. The Labute approximate surface area is 143 Å². The highest BCUT2D eigenvalue weighted by atomic mass is 79.9. The van der Waals surface area contributed by atoms with Crippen molar-refractivity contribution in [2.75, 3.05) is 34.4 Å². The molecule has 1 aromatic rings. The van der Waals surface area contributed by atoms with Gasteiger partial charge in [0.05, 0.1) is 27.2 Å². The Balaban J connectivity index is 2.14. The number of hydrogen-bond donors (Lipinski definition) is 0. The molecule has 0 unspecified atom stereocenters. The van der Waals surface area contributed by atoms with Crippen molar-refractivity contribution in [1.82, 2.24) is 4.90 Å². The van der Waals surface area contributed by atoms with Gasteiger partial charge in [0.2, 0.25) is 0 Å². The van der Waals surface area contributed by atoms with E-state index in [1.165, 1.54) is 21.3 Å². The van der Waals surface area contributed by atoms with Crippen LogP contribution < -0.4 is 9.47 Å². The van der Waals surface area contributed by atoms with Crippen LogP contribution >= 0.6 is 15.9 Å². The molecule has 126 valence electrons. The molecular weight excluding hydrogens is 366 g/mol. The van der Waals surface area contributed by atoms with Gasteiger partial charge in [-0.05, 0) is 40.9 Å². The molecule has 0 radical (unpaired) electrons. The molecule has 1 aliphatic rings. The Bertz CT molecular complexity index is 571. The number of halogens is 1. The monoisotopic (exact) mass is 385 g/mol. The standard InChI is InChI=1S/C16H20BrNO5/c1-21-12-8-11(9-13(22-2)14(12)17)15(19)18-6-4-10(5-7-18)16(20)23-3/h8-10H,4-7H2,1-3H3. The molecule has 1 saturated heterocycles. The molecule has 1 amide bonds. The molecule has 7 heteroatoms. The van der Waals surface area contributed by atoms with Crippen molar-refractivity contribution in [3.05, 3.63) is 22.2 Å². The van der Waals surface area contributed by atoms with Gasteiger partial charge in [0.15, 0.2) is 0 Å². The van der Waals surface area contributed by atoms with E-state index < -0.39 is 0 Å². The lowest BCUT2D eigenvalue weighted by molar-refractivity contribution is -0.146. The summed E-state index contributed by atoms with van der Waals surface area (Å²) in [4.78, 5) is 26.0. The summed E-state index contributed by atoms with van der Waals surface area (Å²) >= 11 is 3.39. The highest BCUT2D eigenvalue weighted by molar-refractivity contribution is 9.10. The minimum atomic E-state index is -0.205. The molecule has 1 aliphatic heterocycles. The van der Waals surface area contributed by atoms with Crippen LogP contribution in [-0.4, -0.2) is 51.2 Å². The fraction of sp³-hybridized carbons (Fsp3) is 0.500. The topological polar surface area (TPSA) is 65.1 Å². The maximum atomic E-state index is 12.7. The third-order valence-corrected chi connectivity index (χ3v) is 4.79. The highest BCUT2D eigenvalue weighted by Crippen LogP contribution is 2.36. The zero-order valence-electron chi connectivity index (χ0n) is 13.4. The van der Waals surface area contributed by atoms with Crippen molar-refractivity contribution in [3.63, 3.8) is 0 Å². The number of ether oxygens (including phenoxy) is 3. The van der Waals surface area contributed by atoms with E-state index >= 15 is 0 Å². The van der Waals surface area contributed by atoms with Crippen molar-refractivity contribution < 1.29 is 23.8 Å². The Morgan fingerprint density at radius 2 is 1.61 bits per heavy atom. The molecule has 1 heterocycles. The van der Waals surface area contributed by atoms with Crippen LogP contribution in [0, 0.1) is 5.92 Å². The van der Waals surface area contributed by atoms with Crippen LogP contribution in [0.5, 0.6) is 11.5 Å². The minimum absolute atomic E-state index is 0.0996. The Kier molecular flexibility index (Phi) is 5.87. The quantitative estimate of drug-likeness (QED) is 0.744. The third kappa shape index (κ3) is 3.77. The van der Waals surface area contributed by atoms with Crippen molar-refractivity contribution in [1.29, 1.82) is 0 Å². The van der Waals surface area contributed by atoms with Gasteiger partial charge in [0.25, 0.3) is 5.91 Å². The number of piperidine rings is 1. The molecule has 1 fully saturated rings. The molecule has 0 aliphatic carbocycles. The molecule has 0 bridgehead atoms. The molecular formula is C16H20BrNO5. The molecule has 0 saturated carbocycles. The lowest BCUT2D eigenvalue weighted by Gasteiger charge is -2.31. The fourth-order valence-corrected chi connectivity index (χ4v) is 3.21. The summed E-state index contributed by atoms with van der Waals surface area (Å²) in [5, 5.41) is 0. The van der Waals surface area contributed by atoms with Crippen LogP contribution in [0.3, 0.4) is 0 Å². The molecule has 2 rings (SSSR count). The van der Waals surface area contributed by atoms with Crippen molar-refractivity contribution in [2.45, 2.75) is 12.8 Å². The number of rotatable bonds is 4. The number of benzene rings is 1. The normalized spacial score (nSPS) is 15.2. The van der Waals surface area contributed by atoms with Gasteiger partial charge in [0, 0.05) is 18.7 Å². The smallest absolute Gasteiger partial charge is 0.308 e. The van der Waals surface area contributed by atoms with Crippen LogP contribution in [0.25, 0.3) is 0 Å². The minimum Gasteiger partial charge on any atom is -0.495 e. The van der Waals surface area contributed by atoms with E-state index in [0.717, 1.165) is 0 Å². The van der Waals surface area contributed by atoms with Crippen LogP contribution in [0.4, 0.5) is 0 Å². The largest absolute Gasteiger partial charge is 0.495 e. The lowest BCUT2D eigenvalue weighted by atomic mass is 9.96. The first-order valence-corrected chi connectivity index (χ1v) is 8.09. The molecule has 0 N–H and O–H groups in total. The van der Waals surface area contributed by atoms with Crippen LogP contribution in [0.15, 0.2) is 16.6 Å². The lowest BCUT2D eigenvalue weighted by Crippen LogP contribution is -2.40. The SMILES string of the molecule is COC(=O)C1CCN(C(=O)c2cc(OC)c(Br)c(OC)c2)CC1. The molecule has 0 aromatic heterocycles. The van der Waals surface area contributed by atoms with Gasteiger partial charge in [-0.2, -0.15) is 0 Å².